The molecule has 3 heterocycles. The van der Waals surface area contributed by atoms with Gasteiger partial charge in [0.2, 0.25) is 5.58 Å². The third-order valence-electron chi connectivity index (χ3n) is 4.38. The molecule has 0 saturated heterocycles. The molecule has 0 N–H and O–H groups in total. The lowest BCUT2D eigenvalue weighted by atomic mass is 10.3. The number of methoxy groups -OCH3 is 1. The molecule has 8 nitrogen and oxygen atoms in total. The summed E-state index contributed by atoms with van der Waals surface area (Å²) in [5.41, 5.74) is 0.663. The van der Waals surface area contributed by atoms with E-state index in [1.54, 1.807) is 24.3 Å². The van der Waals surface area contributed by atoms with E-state index in [1.807, 2.05) is 30.3 Å². The van der Waals surface area contributed by atoms with Gasteiger partial charge >= 0.3 is 6.01 Å². The molecule has 0 aliphatic heterocycles. The van der Waals surface area contributed by atoms with Crippen molar-refractivity contribution in [3.63, 3.8) is 0 Å². The molecule has 0 fully saturated rings. The highest BCUT2D eigenvalue weighted by Gasteiger charge is 2.18. The van der Waals surface area contributed by atoms with Gasteiger partial charge in [-0.1, -0.05) is 18.2 Å². The van der Waals surface area contributed by atoms with Crippen molar-refractivity contribution in [2.24, 2.45) is 0 Å². The van der Waals surface area contributed by atoms with Gasteiger partial charge in [0.05, 0.1) is 7.11 Å². The van der Waals surface area contributed by atoms with Crippen LogP contribution in [0.4, 0.5) is 0 Å². The number of oxazole rings is 1. The molecular formula is C21H13N3O5S. The summed E-state index contributed by atoms with van der Waals surface area (Å²) in [5.74, 6) is 1.61. The van der Waals surface area contributed by atoms with E-state index in [1.165, 1.54) is 13.3 Å². The Morgan fingerprint density at radius 1 is 1.03 bits per heavy atom. The van der Waals surface area contributed by atoms with Crippen molar-refractivity contribution in [1.82, 2.24) is 14.5 Å². The summed E-state index contributed by atoms with van der Waals surface area (Å²) >= 11 is 5.26. The van der Waals surface area contributed by atoms with Gasteiger partial charge in [0.25, 0.3) is 10.4 Å². The van der Waals surface area contributed by atoms with E-state index < -0.39 is 5.56 Å². The molecule has 148 valence electrons. The van der Waals surface area contributed by atoms with Crippen molar-refractivity contribution in [3.05, 3.63) is 76.0 Å². The standard InChI is InChI=1S/C21H13N3O5S/c1-26-15-9-10-22-17-18(15)29-21(30)24(19(17)25)20-23-14-8-7-13(11-16(14)28-20)27-12-5-3-2-4-6-12/h2-11H,1H3. The van der Waals surface area contributed by atoms with Gasteiger partial charge in [-0.25, -0.2) is 4.98 Å². The van der Waals surface area contributed by atoms with Crippen LogP contribution in [0.25, 0.3) is 28.2 Å². The summed E-state index contributed by atoms with van der Waals surface area (Å²) < 4.78 is 23.5. The number of fused-ring (bicyclic) bond motifs is 2. The number of para-hydroxylation sites is 1. The van der Waals surface area contributed by atoms with Crippen LogP contribution in [0.2, 0.25) is 0 Å². The summed E-state index contributed by atoms with van der Waals surface area (Å²) in [7, 11) is 1.47. The number of pyridine rings is 1. The lowest BCUT2D eigenvalue weighted by Crippen LogP contribution is -2.20. The van der Waals surface area contributed by atoms with Crippen LogP contribution < -0.4 is 15.0 Å². The lowest BCUT2D eigenvalue weighted by molar-refractivity contribution is 0.402. The molecule has 0 radical (unpaired) electrons. The number of rotatable bonds is 4. The molecule has 0 amide bonds. The molecule has 0 spiro atoms. The minimum Gasteiger partial charge on any atom is -0.493 e. The number of aromatic nitrogens is 3. The van der Waals surface area contributed by atoms with E-state index in [0.717, 1.165) is 4.57 Å². The van der Waals surface area contributed by atoms with Crippen molar-refractivity contribution in [3.8, 4) is 23.3 Å². The Bertz CT molecular complexity index is 1500. The number of hydrogen-bond acceptors (Lipinski definition) is 8. The predicted octanol–water partition coefficient (Wildman–Crippen LogP) is 4.65. The molecule has 0 saturated carbocycles. The van der Waals surface area contributed by atoms with Crippen LogP contribution >= 0.6 is 12.2 Å². The van der Waals surface area contributed by atoms with Crippen LogP contribution in [0.5, 0.6) is 17.2 Å². The van der Waals surface area contributed by atoms with E-state index in [-0.39, 0.29) is 22.0 Å². The maximum atomic E-state index is 13.0. The Morgan fingerprint density at radius 2 is 1.87 bits per heavy atom. The fourth-order valence-electron chi connectivity index (χ4n) is 3.01. The smallest absolute Gasteiger partial charge is 0.313 e. The summed E-state index contributed by atoms with van der Waals surface area (Å²) in [6.07, 6.45) is 1.45. The first-order chi connectivity index (χ1) is 14.6. The fraction of sp³-hybridized carbons (Fsp3) is 0.0476. The summed E-state index contributed by atoms with van der Waals surface area (Å²) in [6, 6.07) is 16.1. The van der Waals surface area contributed by atoms with Gasteiger partial charge in [0.1, 0.15) is 17.0 Å². The second-order valence-electron chi connectivity index (χ2n) is 6.24. The first-order valence-corrected chi connectivity index (χ1v) is 9.27. The first kappa shape index (κ1) is 18.1. The van der Waals surface area contributed by atoms with Crippen LogP contribution in [0.1, 0.15) is 0 Å². The molecule has 0 unspecified atom stereocenters. The topological polar surface area (TPSA) is 92.5 Å². The maximum Gasteiger partial charge on any atom is 0.313 e. The zero-order valence-corrected chi connectivity index (χ0v) is 16.4. The van der Waals surface area contributed by atoms with Crippen LogP contribution in [-0.2, 0) is 0 Å². The van der Waals surface area contributed by atoms with Gasteiger partial charge in [-0.3, -0.25) is 4.79 Å². The lowest BCUT2D eigenvalue weighted by Gasteiger charge is -2.05. The highest BCUT2D eigenvalue weighted by molar-refractivity contribution is 7.71. The summed E-state index contributed by atoms with van der Waals surface area (Å²) in [4.78, 5) is 21.3. The second kappa shape index (κ2) is 7.12. The molecule has 3 aromatic heterocycles. The molecule has 0 aliphatic rings. The van der Waals surface area contributed by atoms with Gasteiger partial charge in [-0.05, 0) is 36.5 Å². The highest BCUT2D eigenvalue weighted by atomic mass is 32.1. The zero-order valence-electron chi connectivity index (χ0n) is 15.6. The Hall–Kier alpha value is -3.98. The molecule has 30 heavy (non-hydrogen) atoms. The molecule has 0 aliphatic carbocycles. The first-order valence-electron chi connectivity index (χ1n) is 8.87. The Balaban J connectivity index is 1.62. The number of nitrogens with zero attached hydrogens (tertiary/aromatic N) is 3. The van der Waals surface area contributed by atoms with E-state index in [2.05, 4.69) is 9.97 Å². The average Bonchev–Trinajstić information content (AvgIpc) is 3.17. The second-order valence-corrected chi connectivity index (χ2v) is 6.59. The minimum atomic E-state index is -0.521. The minimum absolute atomic E-state index is 0.0212. The van der Waals surface area contributed by atoms with Gasteiger partial charge in [0, 0.05) is 18.3 Å². The van der Waals surface area contributed by atoms with E-state index >= 15 is 0 Å². The van der Waals surface area contributed by atoms with Gasteiger partial charge in [-0.2, -0.15) is 9.55 Å². The van der Waals surface area contributed by atoms with Crippen LogP contribution in [0, 0.1) is 4.84 Å². The van der Waals surface area contributed by atoms with Crippen molar-refractivity contribution in [2.45, 2.75) is 0 Å². The Kier molecular flexibility index (Phi) is 4.29. The monoisotopic (exact) mass is 419 g/mol. The van der Waals surface area contributed by atoms with E-state index in [0.29, 0.717) is 28.3 Å². The number of hydrogen-bond donors (Lipinski definition) is 0. The molecular weight excluding hydrogens is 406 g/mol. The Morgan fingerprint density at radius 3 is 2.67 bits per heavy atom. The van der Waals surface area contributed by atoms with Gasteiger partial charge in [0.15, 0.2) is 16.8 Å². The third kappa shape index (κ3) is 3.01. The predicted molar refractivity (Wildman–Crippen MR) is 111 cm³/mol. The average molecular weight is 419 g/mol. The molecule has 9 heteroatoms. The van der Waals surface area contributed by atoms with Crippen LogP contribution in [0.3, 0.4) is 0 Å². The van der Waals surface area contributed by atoms with E-state index in [4.69, 9.17) is 30.5 Å². The largest absolute Gasteiger partial charge is 0.493 e. The third-order valence-corrected chi connectivity index (χ3v) is 4.65. The molecule has 0 atom stereocenters. The number of benzene rings is 2. The molecule has 0 bridgehead atoms. The molecule has 2 aromatic carbocycles. The van der Waals surface area contributed by atoms with Crippen LogP contribution in [-0.4, -0.2) is 21.6 Å². The Labute approximate surface area is 173 Å². The quantitative estimate of drug-likeness (QED) is 0.389. The van der Waals surface area contributed by atoms with Crippen molar-refractivity contribution >= 4 is 34.4 Å². The highest BCUT2D eigenvalue weighted by Crippen LogP contribution is 2.27. The maximum absolute atomic E-state index is 13.0. The van der Waals surface area contributed by atoms with E-state index in [9.17, 15) is 4.79 Å². The van der Waals surface area contributed by atoms with Gasteiger partial charge < -0.3 is 18.3 Å². The molecule has 5 aromatic rings. The normalized spacial score (nSPS) is 11.1. The van der Waals surface area contributed by atoms with Crippen LogP contribution in [0.15, 0.2) is 74.4 Å². The number of ether oxygens (including phenoxy) is 2. The van der Waals surface area contributed by atoms with Crippen molar-refractivity contribution in [1.29, 1.82) is 0 Å². The summed E-state index contributed by atoms with van der Waals surface area (Å²) in [6.45, 7) is 0. The summed E-state index contributed by atoms with van der Waals surface area (Å²) in [5, 5.41) is 0. The van der Waals surface area contributed by atoms with Crippen molar-refractivity contribution < 1.29 is 18.3 Å². The van der Waals surface area contributed by atoms with Gasteiger partial charge in [-0.15, -0.1) is 0 Å². The SMILES string of the molecule is COc1ccnc2c(=O)n(-c3nc4ccc(Oc5ccccc5)cc4o3)c(=S)oc12. The van der Waals surface area contributed by atoms with Crippen molar-refractivity contribution in [2.75, 3.05) is 7.11 Å². The fourth-order valence-corrected chi connectivity index (χ4v) is 3.25. The molecule has 5 rings (SSSR count). The zero-order chi connectivity index (χ0) is 20.7.